The first-order valence-corrected chi connectivity index (χ1v) is 6.07. The van der Waals surface area contributed by atoms with Crippen molar-refractivity contribution in [3.63, 3.8) is 0 Å². The van der Waals surface area contributed by atoms with Crippen molar-refractivity contribution in [3.8, 4) is 0 Å². The van der Waals surface area contributed by atoms with Gasteiger partial charge in [0.1, 0.15) is 0 Å². The highest BCUT2D eigenvalue weighted by Crippen LogP contribution is 2.25. The van der Waals surface area contributed by atoms with Crippen molar-refractivity contribution in [2.24, 2.45) is 0 Å². The summed E-state index contributed by atoms with van der Waals surface area (Å²) in [6.07, 6.45) is 0. The Morgan fingerprint density at radius 2 is 1.29 bits per heavy atom. The van der Waals surface area contributed by atoms with E-state index < -0.39 is 0 Å². The van der Waals surface area contributed by atoms with Gasteiger partial charge in [-0.15, -0.1) is 0 Å². The molecule has 0 fully saturated rings. The third-order valence-electron chi connectivity index (χ3n) is 2.62. The Hall–Kier alpha value is -1.30. The molecule has 94 valence electrons. The fraction of sp³-hybridized carbons (Fsp3) is 0.412. The van der Waals surface area contributed by atoms with Crippen LogP contribution in [0.2, 0.25) is 0 Å². The summed E-state index contributed by atoms with van der Waals surface area (Å²) in [5.74, 6) is 0. The predicted molar refractivity (Wildman–Crippen MR) is 80.7 cm³/mol. The van der Waals surface area contributed by atoms with Crippen molar-refractivity contribution >= 4 is 10.8 Å². The van der Waals surface area contributed by atoms with Crippen LogP contribution >= 0.6 is 0 Å². The second kappa shape index (κ2) is 6.44. The van der Waals surface area contributed by atoms with Gasteiger partial charge < -0.3 is 0 Å². The molecule has 0 aromatic heterocycles. The number of fused-ring (bicyclic) bond motifs is 1. The lowest BCUT2D eigenvalue weighted by Gasteiger charge is -2.19. The summed E-state index contributed by atoms with van der Waals surface area (Å²) >= 11 is 0. The van der Waals surface area contributed by atoms with Crippen molar-refractivity contribution < 1.29 is 0 Å². The van der Waals surface area contributed by atoms with Crippen molar-refractivity contribution in [3.05, 3.63) is 48.0 Å². The zero-order chi connectivity index (χ0) is 12.2. The highest BCUT2D eigenvalue weighted by Gasteiger charge is 2.13. The van der Waals surface area contributed by atoms with E-state index in [0.717, 1.165) is 0 Å². The Balaban J connectivity index is 0.000000811. The highest BCUT2D eigenvalue weighted by molar-refractivity contribution is 5.83. The van der Waals surface area contributed by atoms with Crippen LogP contribution in [0.3, 0.4) is 0 Å². The molecule has 0 N–H and O–H groups in total. The summed E-state index contributed by atoms with van der Waals surface area (Å²) in [4.78, 5) is 0. The van der Waals surface area contributed by atoms with Gasteiger partial charge in [0.2, 0.25) is 0 Å². The van der Waals surface area contributed by atoms with E-state index in [4.69, 9.17) is 0 Å². The molecule has 0 heterocycles. The third-order valence-corrected chi connectivity index (χ3v) is 2.62. The van der Waals surface area contributed by atoms with Crippen molar-refractivity contribution in [2.75, 3.05) is 0 Å². The van der Waals surface area contributed by atoms with Crippen LogP contribution in [0.4, 0.5) is 0 Å². The second-order valence-electron chi connectivity index (χ2n) is 4.81. The van der Waals surface area contributed by atoms with Crippen molar-refractivity contribution in [1.82, 2.24) is 0 Å². The zero-order valence-electron chi connectivity index (χ0n) is 11.0. The van der Waals surface area contributed by atoms with Crippen LogP contribution in [0.15, 0.2) is 42.5 Å². The van der Waals surface area contributed by atoms with E-state index in [9.17, 15) is 0 Å². The van der Waals surface area contributed by atoms with Gasteiger partial charge in [0, 0.05) is 0 Å². The van der Waals surface area contributed by atoms with Crippen LogP contribution in [0.25, 0.3) is 10.8 Å². The first-order valence-electron chi connectivity index (χ1n) is 6.07. The first-order chi connectivity index (χ1) is 7.57. The molecule has 2 aromatic rings. The van der Waals surface area contributed by atoms with Crippen LogP contribution in [-0.2, 0) is 5.41 Å². The maximum absolute atomic E-state index is 2.29. The quantitative estimate of drug-likeness (QED) is 0.536. The molecule has 0 aliphatic rings. The molecule has 0 unspecified atom stereocenters. The molecule has 0 saturated carbocycles. The molecule has 2 rings (SSSR count). The SMILES string of the molecule is C.CC.CC(C)(C)c1ccc2ccccc2c1. The van der Waals surface area contributed by atoms with Crippen molar-refractivity contribution in [1.29, 1.82) is 0 Å². The first kappa shape index (κ1) is 15.7. The molecule has 0 spiro atoms. The summed E-state index contributed by atoms with van der Waals surface area (Å²) in [5.41, 5.74) is 1.64. The molecule has 17 heavy (non-hydrogen) atoms. The smallest absolute Gasteiger partial charge is 0.0132 e. The predicted octanol–water partition coefficient (Wildman–Crippen LogP) is 5.80. The van der Waals surface area contributed by atoms with Crippen molar-refractivity contribution in [2.45, 2.75) is 47.5 Å². The molecule has 0 saturated heterocycles. The van der Waals surface area contributed by atoms with Gasteiger partial charge >= 0.3 is 0 Å². The van der Waals surface area contributed by atoms with E-state index in [1.165, 1.54) is 16.3 Å². The Kier molecular flexibility index (Phi) is 5.95. The summed E-state index contributed by atoms with van der Waals surface area (Å²) in [6.45, 7) is 10.7. The molecule has 0 radical (unpaired) electrons. The average molecular weight is 230 g/mol. The Morgan fingerprint density at radius 1 is 0.765 bits per heavy atom. The standard InChI is InChI=1S/C14H16.C2H6.CH4/c1-14(2,3)13-9-8-11-6-4-5-7-12(11)10-13;1-2;/h4-10H,1-3H3;1-2H3;1H4. The van der Waals surface area contributed by atoms with E-state index in [-0.39, 0.29) is 12.8 Å². The number of hydrogen-bond acceptors (Lipinski definition) is 0. The van der Waals surface area contributed by atoms with Gasteiger partial charge in [0.25, 0.3) is 0 Å². The molecule has 0 atom stereocenters. The molecule has 0 heteroatoms. The highest BCUT2D eigenvalue weighted by atomic mass is 14.2. The lowest BCUT2D eigenvalue weighted by atomic mass is 9.86. The molecule has 0 nitrogen and oxygen atoms in total. The Bertz CT molecular complexity index is 447. The molecule has 2 aromatic carbocycles. The van der Waals surface area contributed by atoms with Gasteiger partial charge in [-0.05, 0) is 21.8 Å². The van der Waals surface area contributed by atoms with Crippen LogP contribution in [0, 0.1) is 0 Å². The van der Waals surface area contributed by atoms with Gasteiger partial charge in [-0.1, -0.05) is 84.5 Å². The monoisotopic (exact) mass is 230 g/mol. The van der Waals surface area contributed by atoms with Gasteiger partial charge in [-0.2, -0.15) is 0 Å². The minimum absolute atomic E-state index is 0. The fourth-order valence-electron chi connectivity index (χ4n) is 1.66. The van der Waals surface area contributed by atoms with E-state index in [1.54, 1.807) is 0 Å². The number of benzene rings is 2. The molecule has 0 bridgehead atoms. The summed E-state index contributed by atoms with van der Waals surface area (Å²) in [6, 6.07) is 15.2. The van der Waals surface area contributed by atoms with E-state index in [2.05, 4.69) is 63.2 Å². The van der Waals surface area contributed by atoms with Gasteiger partial charge in [-0.3, -0.25) is 0 Å². The molecule has 0 amide bonds. The third kappa shape index (κ3) is 3.89. The maximum atomic E-state index is 2.29. The Labute approximate surface area is 107 Å². The summed E-state index contributed by atoms with van der Waals surface area (Å²) < 4.78 is 0. The largest absolute Gasteiger partial charge is 0.0776 e. The molecule has 0 aliphatic carbocycles. The average Bonchev–Trinajstić information content (AvgIpc) is 2.30. The Morgan fingerprint density at radius 3 is 1.82 bits per heavy atom. The van der Waals surface area contributed by atoms with Gasteiger partial charge in [0.05, 0.1) is 0 Å². The normalized spacial score (nSPS) is 10.2. The van der Waals surface area contributed by atoms with E-state index in [1.807, 2.05) is 13.8 Å². The van der Waals surface area contributed by atoms with E-state index >= 15 is 0 Å². The molecular formula is C17H26. The van der Waals surface area contributed by atoms with Crippen LogP contribution < -0.4 is 0 Å². The summed E-state index contributed by atoms with van der Waals surface area (Å²) in [7, 11) is 0. The van der Waals surface area contributed by atoms with Crippen LogP contribution in [0.1, 0.15) is 47.6 Å². The van der Waals surface area contributed by atoms with Crippen LogP contribution in [0.5, 0.6) is 0 Å². The lowest BCUT2D eigenvalue weighted by Crippen LogP contribution is -2.10. The molecule has 0 aliphatic heterocycles. The number of rotatable bonds is 0. The van der Waals surface area contributed by atoms with Gasteiger partial charge in [-0.25, -0.2) is 0 Å². The fourth-order valence-corrected chi connectivity index (χ4v) is 1.66. The minimum atomic E-state index is 0. The maximum Gasteiger partial charge on any atom is -0.0132 e. The van der Waals surface area contributed by atoms with E-state index in [0.29, 0.717) is 0 Å². The summed E-state index contributed by atoms with van der Waals surface area (Å²) in [5, 5.41) is 2.65. The lowest BCUT2D eigenvalue weighted by molar-refractivity contribution is 0.591. The van der Waals surface area contributed by atoms with Crippen LogP contribution in [-0.4, -0.2) is 0 Å². The van der Waals surface area contributed by atoms with Gasteiger partial charge in [0.15, 0.2) is 0 Å². The second-order valence-corrected chi connectivity index (χ2v) is 4.81. The zero-order valence-corrected chi connectivity index (χ0v) is 11.0. The number of hydrogen-bond donors (Lipinski definition) is 0. The topological polar surface area (TPSA) is 0 Å². The molecular weight excluding hydrogens is 204 g/mol. The minimum Gasteiger partial charge on any atom is -0.0776 e.